The molecule has 2 atom stereocenters. The van der Waals surface area contributed by atoms with Gasteiger partial charge in [0.05, 0.1) is 5.60 Å². The highest BCUT2D eigenvalue weighted by Gasteiger charge is 2.48. The molecule has 2 saturated heterocycles. The topological polar surface area (TPSA) is 59.0 Å². The third kappa shape index (κ3) is 4.95. The Hall–Kier alpha value is -3.31. The number of nitrogens with zero attached hydrogens (tertiary/aromatic N) is 1. The second-order valence-electron chi connectivity index (χ2n) is 9.42. The van der Waals surface area contributed by atoms with E-state index in [1.54, 1.807) is 0 Å². The van der Waals surface area contributed by atoms with E-state index >= 15 is 0 Å². The minimum Gasteiger partial charge on any atom is -0.489 e. The van der Waals surface area contributed by atoms with E-state index < -0.39 is 5.60 Å². The third-order valence-electron chi connectivity index (χ3n) is 7.06. The zero-order valence-corrected chi connectivity index (χ0v) is 19.3. The van der Waals surface area contributed by atoms with Crippen LogP contribution < -0.4 is 4.74 Å². The smallest absolute Gasteiger partial charge is 0.410 e. The lowest BCUT2D eigenvalue weighted by molar-refractivity contribution is -0.0896. The van der Waals surface area contributed by atoms with Crippen LogP contribution in [0.2, 0.25) is 0 Å². The van der Waals surface area contributed by atoms with E-state index in [4.69, 9.17) is 9.47 Å². The van der Waals surface area contributed by atoms with Gasteiger partial charge in [0.1, 0.15) is 19.0 Å². The molecule has 3 aromatic rings. The van der Waals surface area contributed by atoms with Crippen LogP contribution in [-0.2, 0) is 23.6 Å². The molecular formula is C29H31NO4. The summed E-state index contributed by atoms with van der Waals surface area (Å²) in [6.45, 7) is 0.777. The number of piperidine rings is 2. The number of ether oxygens (including phenoxy) is 2. The monoisotopic (exact) mass is 457 g/mol. The van der Waals surface area contributed by atoms with Crippen LogP contribution in [0.15, 0.2) is 84.9 Å². The van der Waals surface area contributed by atoms with E-state index in [0.717, 1.165) is 41.7 Å². The Kier molecular flexibility index (Phi) is 6.54. The first-order valence-corrected chi connectivity index (χ1v) is 12.1. The summed E-state index contributed by atoms with van der Waals surface area (Å²) in [6, 6.07) is 27.5. The molecule has 2 bridgehead atoms. The van der Waals surface area contributed by atoms with Crippen molar-refractivity contribution in [1.82, 2.24) is 4.90 Å². The van der Waals surface area contributed by atoms with Gasteiger partial charge in [-0.2, -0.15) is 0 Å². The lowest BCUT2D eigenvalue weighted by atomic mass is 9.72. The van der Waals surface area contributed by atoms with Crippen molar-refractivity contribution in [3.63, 3.8) is 0 Å². The zero-order chi connectivity index (χ0) is 23.4. The van der Waals surface area contributed by atoms with Crippen molar-refractivity contribution in [3.05, 3.63) is 102 Å². The van der Waals surface area contributed by atoms with E-state index in [9.17, 15) is 9.90 Å². The van der Waals surface area contributed by atoms with Crippen LogP contribution in [0.25, 0.3) is 0 Å². The number of hydrogen-bond acceptors (Lipinski definition) is 4. The van der Waals surface area contributed by atoms with Crippen LogP contribution in [0, 0.1) is 0 Å². The lowest BCUT2D eigenvalue weighted by Gasteiger charge is -2.51. The number of carbonyl (C=O) groups is 1. The molecule has 34 heavy (non-hydrogen) atoms. The van der Waals surface area contributed by atoms with Crippen molar-refractivity contribution in [2.24, 2.45) is 0 Å². The molecule has 1 N–H and O–H groups in total. The highest BCUT2D eigenvalue weighted by molar-refractivity contribution is 5.69. The molecule has 0 aromatic heterocycles. The maximum atomic E-state index is 13.0. The minimum atomic E-state index is -0.954. The molecule has 2 aliphatic heterocycles. The molecule has 2 heterocycles. The molecule has 0 radical (unpaired) electrons. The fourth-order valence-corrected chi connectivity index (χ4v) is 5.36. The van der Waals surface area contributed by atoms with E-state index in [1.165, 1.54) is 0 Å². The maximum absolute atomic E-state index is 13.0. The highest BCUT2D eigenvalue weighted by Crippen LogP contribution is 2.44. The molecule has 1 amide bonds. The molecule has 0 saturated carbocycles. The van der Waals surface area contributed by atoms with Crippen LogP contribution >= 0.6 is 0 Å². The molecule has 176 valence electrons. The Bertz CT molecular complexity index is 1070. The number of amides is 1. The fourth-order valence-electron chi connectivity index (χ4n) is 5.36. The first kappa shape index (κ1) is 22.5. The molecule has 0 aliphatic carbocycles. The first-order chi connectivity index (χ1) is 16.6. The number of benzene rings is 3. The Labute approximate surface area is 200 Å². The van der Waals surface area contributed by atoms with Gasteiger partial charge in [0.15, 0.2) is 0 Å². The van der Waals surface area contributed by atoms with Gasteiger partial charge in [0, 0.05) is 24.9 Å². The molecule has 0 spiro atoms. The number of fused-ring (bicyclic) bond motifs is 2. The van der Waals surface area contributed by atoms with Gasteiger partial charge in [-0.05, 0) is 48.1 Å². The Balaban J connectivity index is 1.23. The molecular weight excluding hydrogens is 426 g/mol. The Morgan fingerprint density at radius 1 is 0.824 bits per heavy atom. The van der Waals surface area contributed by atoms with Gasteiger partial charge in [-0.25, -0.2) is 4.79 Å². The predicted octanol–water partition coefficient (Wildman–Crippen LogP) is 5.81. The van der Waals surface area contributed by atoms with Crippen LogP contribution in [0.5, 0.6) is 5.75 Å². The number of rotatable bonds is 6. The molecule has 2 unspecified atom stereocenters. The molecule has 3 aromatic carbocycles. The quantitative estimate of drug-likeness (QED) is 0.508. The Morgan fingerprint density at radius 2 is 1.38 bits per heavy atom. The van der Waals surface area contributed by atoms with E-state index in [0.29, 0.717) is 19.4 Å². The fraction of sp³-hybridized carbons (Fsp3) is 0.345. The summed E-state index contributed by atoms with van der Waals surface area (Å²) in [5.74, 6) is 0.776. The maximum Gasteiger partial charge on any atom is 0.410 e. The van der Waals surface area contributed by atoms with Gasteiger partial charge in [-0.15, -0.1) is 0 Å². The summed E-state index contributed by atoms with van der Waals surface area (Å²) < 4.78 is 11.5. The second kappa shape index (κ2) is 9.90. The van der Waals surface area contributed by atoms with Crippen molar-refractivity contribution >= 4 is 6.09 Å². The van der Waals surface area contributed by atoms with E-state index in [-0.39, 0.29) is 24.8 Å². The van der Waals surface area contributed by atoms with Crippen molar-refractivity contribution in [3.8, 4) is 5.75 Å². The molecule has 2 aliphatic rings. The number of hydrogen-bond donors (Lipinski definition) is 1. The van der Waals surface area contributed by atoms with Gasteiger partial charge in [0.2, 0.25) is 0 Å². The summed E-state index contributed by atoms with van der Waals surface area (Å²) in [6.07, 6.45) is 3.61. The van der Waals surface area contributed by atoms with Crippen LogP contribution in [0.3, 0.4) is 0 Å². The SMILES string of the molecule is O=C(OCc1ccccc1)N1C2CCCC1CC(O)(c1ccc(OCc3ccccc3)cc1)C2. The molecule has 5 heteroatoms. The average molecular weight is 458 g/mol. The van der Waals surface area contributed by atoms with Crippen LogP contribution in [-0.4, -0.2) is 28.2 Å². The third-order valence-corrected chi connectivity index (χ3v) is 7.06. The molecule has 5 rings (SSSR count). The van der Waals surface area contributed by atoms with Gasteiger partial charge < -0.3 is 19.5 Å². The Morgan fingerprint density at radius 3 is 1.97 bits per heavy atom. The van der Waals surface area contributed by atoms with Gasteiger partial charge in [-0.1, -0.05) is 72.8 Å². The van der Waals surface area contributed by atoms with Crippen molar-refractivity contribution < 1.29 is 19.4 Å². The lowest BCUT2D eigenvalue weighted by Crippen LogP contribution is -2.58. The molecule has 2 fully saturated rings. The summed E-state index contributed by atoms with van der Waals surface area (Å²) in [5.41, 5.74) is 2.02. The standard InChI is InChI=1S/C29H31NO4/c31-28(34-21-23-10-5-2-6-11-23)30-25-12-7-13-26(30)19-29(32,18-25)24-14-16-27(17-15-24)33-20-22-8-3-1-4-9-22/h1-6,8-11,14-17,25-26,32H,7,12-13,18-21H2. The summed E-state index contributed by atoms with van der Waals surface area (Å²) >= 11 is 0. The van der Waals surface area contributed by atoms with Crippen molar-refractivity contribution in [1.29, 1.82) is 0 Å². The number of carbonyl (C=O) groups excluding carboxylic acids is 1. The summed E-state index contributed by atoms with van der Waals surface area (Å²) in [7, 11) is 0. The predicted molar refractivity (Wildman–Crippen MR) is 130 cm³/mol. The minimum absolute atomic E-state index is 0.0187. The van der Waals surface area contributed by atoms with Crippen molar-refractivity contribution in [2.45, 2.75) is 63.0 Å². The summed E-state index contributed by atoms with van der Waals surface area (Å²) in [4.78, 5) is 14.9. The first-order valence-electron chi connectivity index (χ1n) is 12.1. The van der Waals surface area contributed by atoms with E-state index in [1.807, 2.05) is 89.8 Å². The van der Waals surface area contributed by atoms with Gasteiger partial charge >= 0.3 is 6.09 Å². The normalized spacial score (nSPS) is 23.9. The zero-order valence-electron chi connectivity index (χ0n) is 19.3. The largest absolute Gasteiger partial charge is 0.489 e. The molecule has 5 nitrogen and oxygen atoms in total. The second-order valence-corrected chi connectivity index (χ2v) is 9.42. The highest BCUT2D eigenvalue weighted by atomic mass is 16.6. The average Bonchev–Trinajstić information content (AvgIpc) is 2.87. The van der Waals surface area contributed by atoms with Crippen LogP contribution in [0.4, 0.5) is 4.79 Å². The van der Waals surface area contributed by atoms with Crippen molar-refractivity contribution in [2.75, 3.05) is 0 Å². The summed E-state index contributed by atoms with van der Waals surface area (Å²) in [5, 5.41) is 11.6. The van der Waals surface area contributed by atoms with E-state index in [2.05, 4.69) is 0 Å². The number of aliphatic hydroxyl groups is 1. The van der Waals surface area contributed by atoms with Gasteiger partial charge in [0.25, 0.3) is 0 Å². The van der Waals surface area contributed by atoms with Gasteiger partial charge in [-0.3, -0.25) is 0 Å². The van der Waals surface area contributed by atoms with Crippen LogP contribution in [0.1, 0.15) is 48.8 Å².